The smallest absolute Gasteiger partial charge is 0.111 e. The van der Waals surface area contributed by atoms with Gasteiger partial charge in [0.25, 0.3) is 0 Å². The summed E-state index contributed by atoms with van der Waals surface area (Å²) in [5.41, 5.74) is 5.31. The van der Waals surface area contributed by atoms with Crippen molar-refractivity contribution in [3.8, 4) is 0 Å². The second-order valence-electron chi connectivity index (χ2n) is 6.74. The molecule has 0 atom stereocenters. The molecule has 23 heavy (non-hydrogen) atoms. The molecular formula is C20H29BrNP. The van der Waals surface area contributed by atoms with Gasteiger partial charge in [0, 0.05) is 0 Å². The predicted octanol–water partition coefficient (Wildman–Crippen LogP) is 3.36. The minimum absolute atomic E-state index is 0. The standard InChI is InChI=1S/C20H29NP.BrH/c1-16(2)22(17(3)4,15-19-9-7-6-8-10-19)21-20-13-11-18(5)12-14-20;/h6-14,16-17,21H,15H2,1-5H3;1H/q+1;/p-1. The monoisotopic (exact) mass is 393 g/mol. The van der Waals surface area contributed by atoms with Gasteiger partial charge in [0.2, 0.25) is 0 Å². The van der Waals surface area contributed by atoms with E-state index in [0.29, 0.717) is 11.3 Å². The number of hydrogen-bond acceptors (Lipinski definition) is 1. The summed E-state index contributed by atoms with van der Waals surface area (Å²) >= 11 is 0. The second kappa shape index (κ2) is 8.85. The van der Waals surface area contributed by atoms with E-state index >= 15 is 0 Å². The summed E-state index contributed by atoms with van der Waals surface area (Å²) in [7, 11) is -1.35. The molecule has 0 bridgehead atoms. The van der Waals surface area contributed by atoms with Gasteiger partial charge in [-0.1, -0.05) is 48.0 Å². The van der Waals surface area contributed by atoms with Crippen molar-refractivity contribution in [2.24, 2.45) is 0 Å². The van der Waals surface area contributed by atoms with Crippen molar-refractivity contribution >= 4 is 13.1 Å². The van der Waals surface area contributed by atoms with Crippen molar-refractivity contribution < 1.29 is 17.0 Å². The number of rotatable bonds is 6. The van der Waals surface area contributed by atoms with E-state index in [1.54, 1.807) is 0 Å². The van der Waals surface area contributed by atoms with Crippen LogP contribution in [0.2, 0.25) is 0 Å². The number of halogens is 1. The zero-order valence-electron chi connectivity index (χ0n) is 14.9. The van der Waals surface area contributed by atoms with E-state index in [1.807, 2.05) is 0 Å². The maximum atomic E-state index is 3.98. The molecule has 1 nitrogen and oxygen atoms in total. The number of aryl methyl sites for hydroxylation is 1. The van der Waals surface area contributed by atoms with Crippen LogP contribution in [0.15, 0.2) is 54.6 Å². The normalized spacial score (nSPS) is 11.4. The molecule has 0 saturated heterocycles. The van der Waals surface area contributed by atoms with E-state index in [4.69, 9.17) is 0 Å². The van der Waals surface area contributed by atoms with Crippen molar-refractivity contribution in [1.82, 2.24) is 0 Å². The summed E-state index contributed by atoms with van der Waals surface area (Å²) in [6, 6.07) is 19.8. The summed E-state index contributed by atoms with van der Waals surface area (Å²) in [6.45, 7) is 11.6. The number of benzene rings is 2. The molecular weight excluding hydrogens is 365 g/mol. The van der Waals surface area contributed by atoms with Crippen LogP contribution in [0, 0.1) is 6.92 Å². The van der Waals surface area contributed by atoms with Gasteiger partial charge in [-0.3, -0.25) is 5.09 Å². The van der Waals surface area contributed by atoms with Crippen LogP contribution < -0.4 is 22.1 Å². The molecule has 0 aromatic heterocycles. The van der Waals surface area contributed by atoms with E-state index in [9.17, 15) is 0 Å². The average Bonchev–Trinajstić information content (AvgIpc) is 2.49. The van der Waals surface area contributed by atoms with E-state index in [2.05, 4.69) is 94.3 Å². The molecule has 0 heterocycles. The van der Waals surface area contributed by atoms with Gasteiger partial charge in [-0.05, 0) is 52.3 Å². The molecule has 0 unspecified atom stereocenters. The molecule has 1 N–H and O–H groups in total. The fourth-order valence-electron chi connectivity index (χ4n) is 3.01. The van der Waals surface area contributed by atoms with E-state index < -0.39 is 7.41 Å². The molecule has 0 aliphatic rings. The van der Waals surface area contributed by atoms with Gasteiger partial charge in [-0.2, -0.15) is 0 Å². The fraction of sp³-hybridized carbons (Fsp3) is 0.400. The zero-order valence-corrected chi connectivity index (χ0v) is 17.4. The first kappa shape index (κ1) is 20.2. The Balaban J connectivity index is 0.00000264. The quantitative estimate of drug-likeness (QED) is 0.741. The highest BCUT2D eigenvalue weighted by molar-refractivity contribution is 7.77. The molecule has 0 aliphatic carbocycles. The van der Waals surface area contributed by atoms with Crippen molar-refractivity contribution in [3.05, 3.63) is 65.7 Å². The molecule has 3 heteroatoms. The molecule has 0 radical (unpaired) electrons. The Morgan fingerprint density at radius 1 is 0.826 bits per heavy atom. The molecule has 0 amide bonds. The van der Waals surface area contributed by atoms with Gasteiger partial charge >= 0.3 is 0 Å². The Bertz CT molecular complexity index is 570. The molecule has 0 aliphatic heterocycles. The minimum Gasteiger partial charge on any atom is -1.00 e. The van der Waals surface area contributed by atoms with Crippen LogP contribution in [0.1, 0.15) is 38.8 Å². The molecule has 126 valence electrons. The van der Waals surface area contributed by atoms with Crippen molar-refractivity contribution in [3.63, 3.8) is 0 Å². The van der Waals surface area contributed by atoms with Gasteiger partial charge in [0.15, 0.2) is 0 Å². The van der Waals surface area contributed by atoms with Crippen LogP contribution in [0.25, 0.3) is 0 Å². The first-order valence-electron chi connectivity index (χ1n) is 8.20. The topological polar surface area (TPSA) is 12.0 Å². The van der Waals surface area contributed by atoms with Crippen LogP contribution in [0.4, 0.5) is 5.69 Å². The third-order valence-electron chi connectivity index (χ3n) is 4.52. The molecule has 2 rings (SSSR count). The van der Waals surface area contributed by atoms with Gasteiger partial charge in [-0.15, -0.1) is 0 Å². The second-order valence-corrected chi connectivity index (χ2v) is 11.2. The maximum Gasteiger partial charge on any atom is 0.111 e. The Kier molecular flexibility index (Phi) is 7.77. The number of hydrogen-bond donors (Lipinski definition) is 1. The number of anilines is 1. The average molecular weight is 394 g/mol. The first-order chi connectivity index (χ1) is 10.4. The Morgan fingerprint density at radius 2 is 1.35 bits per heavy atom. The van der Waals surface area contributed by atoms with Crippen LogP contribution in [-0.4, -0.2) is 11.3 Å². The lowest BCUT2D eigenvalue weighted by Crippen LogP contribution is -3.00. The lowest BCUT2D eigenvalue weighted by Gasteiger charge is -2.35. The van der Waals surface area contributed by atoms with Crippen molar-refractivity contribution in [2.75, 3.05) is 5.09 Å². The van der Waals surface area contributed by atoms with Crippen molar-refractivity contribution in [1.29, 1.82) is 0 Å². The maximum absolute atomic E-state index is 3.98. The molecule has 2 aromatic carbocycles. The summed E-state index contributed by atoms with van der Waals surface area (Å²) in [4.78, 5) is 0. The molecule has 0 spiro atoms. The first-order valence-corrected chi connectivity index (χ1v) is 10.3. The zero-order chi connectivity index (χ0) is 16.2. The lowest BCUT2D eigenvalue weighted by molar-refractivity contribution is -0.00000486. The van der Waals surface area contributed by atoms with Crippen LogP contribution in [-0.2, 0) is 6.16 Å². The summed E-state index contributed by atoms with van der Waals surface area (Å²) in [6.07, 6.45) is 1.15. The van der Waals surface area contributed by atoms with Crippen LogP contribution >= 0.6 is 7.41 Å². The largest absolute Gasteiger partial charge is 1.00 e. The minimum atomic E-state index is -1.35. The van der Waals surface area contributed by atoms with Gasteiger partial charge in [0.1, 0.15) is 13.6 Å². The predicted molar refractivity (Wildman–Crippen MR) is 102 cm³/mol. The van der Waals surface area contributed by atoms with E-state index in [-0.39, 0.29) is 17.0 Å². The SMILES string of the molecule is Cc1ccc(N[P+](Cc2ccccc2)(C(C)C)C(C)C)cc1.[Br-]. The Labute approximate surface area is 153 Å². The summed E-state index contributed by atoms with van der Waals surface area (Å²) in [5.74, 6) is 0. The van der Waals surface area contributed by atoms with Crippen molar-refractivity contribution in [2.45, 2.75) is 52.1 Å². The third-order valence-corrected chi connectivity index (χ3v) is 9.77. The van der Waals surface area contributed by atoms with Crippen LogP contribution in [0.5, 0.6) is 0 Å². The Morgan fingerprint density at radius 3 is 1.83 bits per heavy atom. The lowest BCUT2D eigenvalue weighted by atomic mass is 10.2. The highest BCUT2D eigenvalue weighted by Gasteiger charge is 2.45. The fourth-order valence-corrected chi connectivity index (χ4v) is 6.98. The molecule has 0 fully saturated rings. The summed E-state index contributed by atoms with van der Waals surface area (Å²) < 4.78 is 0. The summed E-state index contributed by atoms with van der Waals surface area (Å²) in [5, 5.41) is 3.98. The van der Waals surface area contributed by atoms with E-state index in [0.717, 1.165) is 6.16 Å². The van der Waals surface area contributed by atoms with Gasteiger partial charge in [0.05, 0.1) is 17.0 Å². The molecule has 0 saturated carbocycles. The van der Waals surface area contributed by atoms with Crippen LogP contribution in [0.3, 0.4) is 0 Å². The third kappa shape index (κ3) is 5.06. The van der Waals surface area contributed by atoms with Gasteiger partial charge < -0.3 is 17.0 Å². The highest BCUT2D eigenvalue weighted by atomic mass is 79.9. The Hall–Kier alpha value is -0.850. The van der Waals surface area contributed by atoms with Gasteiger partial charge in [-0.25, -0.2) is 0 Å². The highest BCUT2D eigenvalue weighted by Crippen LogP contribution is 2.68. The molecule has 2 aromatic rings. The number of nitrogens with one attached hydrogen (secondary N) is 1. The van der Waals surface area contributed by atoms with E-state index in [1.165, 1.54) is 16.8 Å².